The van der Waals surface area contributed by atoms with Crippen molar-refractivity contribution in [3.63, 3.8) is 0 Å². The van der Waals surface area contributed by atoms with Gasteiger partial charge in [0.1, 0.15) is 5.69 Å². The van der Waals surface area contributed by atoms with Crippen molar-refractivity contribution in [2.45, 2.75) is 69.9 Å². The summed E-state index contributed by atoms with van der Waals surface area (Å²) in [5.74, 6) is 0.905. The lowest BCUT2D eigenvalue weighted by molar-refractivity contribution is -0.132. The fourth-order valence-corrected chi connectivity index (χ4v) is 5.53. The molecule has 3 aromatic rings. The number of nitrogens with zero attached hydrogens (tertiary/aromatic N) is 3. The van der Waals surface area contributed by atoms with Crippen LogP contribution in [0.5, 0.6) is 0 Å². The van der Waals surface area contributed by atoms with Crippen LogP contribution < -0.4 is 11.1 Å². The predicted molar refractivity (Wildman–Crippen MR) is 150 cm³/mol. The molecule has 2 amide bonds. The molecule has 0 spiro atoms. The zero-order chi connectivity index (χ0) is 26.7. The molecule has 2 aliphatic carbocycles. The predicted octanol–water partition coefficient (Wildman–Crippen LogP) is 5.51. The maximum atomic E-state index is 12.9. The Morgan fingerprint density at radius 3 is 2.29 bits per heavy atom. The highest BCUT2D eigenvalue weighted by molar-refractivity contribution is 5.91. The molecule has 0 atom stereocenters. The average molecular weight is 512 g/mol. The van der Waals surface area contributed by atoms with Crippen molar-refractivity contribution in [1.29, 1.82) is 0 Å². The Hall–Kier alpha value is -3.58. The second kappa shape index (κ2) is 11.0. The molecule has 1 aromatic heterocycles. The fraction of sp³-hybridized carbons (Fsp3) is 0.419. The Balaban J connectivity index is 1.28. The number of carbonyl (C=O) groups excluding carboxylic acids is 2. The Morgan fingerprint density at radius 1 is 0.974 bits per heavy atom. The van der Waals surface area contributed by atoms with Gasteiger partial charge >= 0.3 is 0 Å². The molecule has 3 N–H and O–H groups in total. The Bertz CT molecular complexity index is 1280. The first-order chi connectivity index (χ1) is 18.4. The highest BCUT2D eigenvalue weighted by Gasteiger charge is 2.39. The van der Waals surface area contributed by atoms with Crippen LogP contribution in [0, 0.1) is 5.92 Å². The van der Waals surface area contributed by atoms with E-state index in [0.29, 0.717) is 24.6 Å². The van der Waals surface area contributed by atoms with Crippen molar-refractivity contribution in [2.24, 2.45) is 11.7 Å². The van der Waals surface area contributed by atoms with Crippen LogP contribution in [0.2, 0.25) is 0 Å². The quantitative estimate of drug-likeness (QED) is 0.415. The molecule has 0 bridgehead atoms. The Morgan fingerprint density at radius 2 is 1.66 bits per heavy atom. The van der Waals surface area contributed by atoms with Crippen LogP contribution in [0.1, 0.15) is 63.9 Å². The number of rotatable bonds is 8. The standard InChI is InChI=1S/C31H37N5O2/c1-3-29(38)36(2)25-15-9-21(10-16-25)19-28(37)33-27-20-26(22-7-5-4-6-8-22)30(35-34-27)23-11-13-24(14-12-23)31(32)17-18-31/h4-8,11-14,20-21,25H,3,9-10,15-19,32H2,1-2H3,(H,33,34,37). The van der Waals surface area contributed by atoms with Gasteiger partial charge < -0.3 is 16.0 Å². The smallest absolute Gasteiger partial charge is 0.225 e. The first kappa shape index (κ1) is 26.0. The fourth-order valence-electron chi connectivity index (χ4n) is 5.53. The molecule has 5 rings (SSSR count). The van der Waals surface area contributed by atoms with Gasteiger partial charge in [-0.3, -0.25) is 9.59 Å². The van der Waals surface area contributed by atoms with E-state index in [1.54, 1.807) is 0 Å². The molecular formula is C31H37N5O2. The van der Waals surface area contributed by atoms with Crippen molar-refractivity contribution in [1.82, 2.24) is 15.1 Å². The van der Waals surface area contributed by atoms with Crippen molar-refractivity contribution in [3.8, 4) is 22.4 Å². The molecule has 2 fully saturated rings. The van der Waals surface area contributed by atoms with Crippen LogP contribution in [-0.2, 0) is 15.1 Å². The SMILES string of the molecule is CCC(=O)N(C)C1CCC(CC(=O)Nc2cc(-c3ccccc3)c(-c3ccc(C4(N)CC4)cc3)nn2)CC1. The van der Waals surface area contributed by atoms with E-state index in [1.165, 1.54) is 0 Å². The molecular weight excluding hydrogens is 474 g/mol. The lowest BCUT2D eigenvalue weighted by atomic mass is 9.83. The van der Waals surface area contributed by atoms with Gasteiger partial charge in [0.15, 0.2) is 5.82 Å². The molecule has 1 heterocycles. The van der Waals surface area contributed by atoms with Crippen LogP contribution in [-0.4, -0.2) is 40.0 Å². The van der Waals surface area contributed by atoms with Crippen molar-refractivity contribution >= 4 is 17.6 Å². The number of amides is 2. The molecule has 0 saturated heterocycles. The van der Waals surface area contributed by atoms with E-state index in [2.05, 4.69) is 39.8 Å². The maximum Gasteiger partial charge on any atom is 0.225 e. The van der Waals surface area contributed by atoms with E-state index < -0.39 is 0 Å². The highest BCUT2D eigenvalue weighted by atomic mass is 16.2. The summed E-state index contributed by atoms with van der Waals surface area (Å²) in [5, 5.41) is 11.9. The number of hydrogen-bond donors (Lipinski definition) is 2. The molecule has 2 aromatic carbocycles. The number of anilines is 1. The molecule has 7 nitrogen and oxygen atoms in total. The molecule has 7 heteroatoms. The van der Waals surface area contributed by atoms with E-state index in [0.717, 1.165) is 66.5 Å². The lowest BCUT2D eigenvalue weighted by Crippen LogP contribution is -2.39. The Kier molecular flexibility index (Phi) is 7.56. The molecule has 0 aliphatic heterocycles. The van der Waals surface area contributed by atoms with Gasteiger partial charge in [0.05, 0.1) is 0 Å². The zero-order valence-electron chi connectivity index (χ0n) is 22.3. The normalized spacial score (nSPS) is 20.0. The van der Waals surface area contributed by atoms with Gasteiger partial charge in [-0.05, 0) is 61.6 Å². The van der Waals surface area contributed by atoms with Crippen LogP contribution in [0.15, 0.2) is 60.7 Å². The number of carbonyl (C=O) groups is 2. The third kappa shape index (κ3) is 5.78. The van der Waals surface area contributed by atoms with E-state index in [9.17, 15) is 9.59 Å². The number of benzene rings is 2. The minimum atomic E-state index is -0.178. The second-order valence-electron chi connectivity index (χ2n) is 10.9. The summed E-state index contributed by atoms with van der Waals surface area (Å²) in [6, 6.07) is 20.5. The summed E-state index contributed by atoms with van der Waals surface area (Å²) in [6.45, 7) is 1.90. The van der Waals surface area contributed by atoms with Gasteiger partial charge in [-0.15, -0.1) is 10.2 Å². The minimum absolute atomic E-state index is 0.0467. The third-order valence-corrected chi connectivity index (χ3v) is 8.20. The largest absolute Gasteiger partial charge is 0.343 e. The van der Waals surface area contributed by atoms with Gasteiger partial charge in [0.2, 0.25) is 11.8 Å². The number of aromatic nitrogens is 2. The van der Waals surface area contributed by atoms with Crippen LogP contribution in [0.3, 0.4) is 0 Å². The van der Waals surface area contributed by atoms with Gasteiger partial charge in [0, 0.05) is 42.6 Å². The summed E-state index contributed by atoms with van der Waals surface area (Å²) in [6.07, 6.45) is 6.79. The first-order valence-corrected chi connectivity index (χ1v) is 13.7. The van der Waals surface area contributed by atoms with Crippen LogP contribution >= 0.6 is 0 Å². The lowest BCUT2D eigenvalue weighted by Gasteiger charge is -2.34. The minimum Gasteiger partial charge on any atom is -0.343 e. The number of hydrogen-bond acceptors (Lipinski definition) is 5. The molecule has 198 valence electrons. The zero-order valence-corrected chi connectivity index (χ0v) is 22.3. The summed E-state index contributed by atoms with van der Waals surface area (Å²) in [4.78, 5) is 26.8. The Labute approximate surface area is 224 Å². The van der Waals surface area contributed by atoms with Gasteiger partial charge in [-0.1, -0.05) is 61.5 Å². The van der Waals surface area contributed by atoms with Crippen LogP contribution in [0.4, 0.5) is 5.82 Å². The van der Waals surface area contributed by atoms with Gasteiger partial charge in [-0.2, -0.15) is 0 Å². The van der Waals surface area contributed by atoms with Crippen LogP contribution in [0.25, 0.3) is 22.4 Å². The van der Waals surface area contributed by atoms with Gasteiger partial charge in [0.25, 0.3) is 0 Å². The molecule has 0 unspecified atom stereocenters. The first-order valence-electron chi connectivity index (χ1n) is 13.7. The summed E-state index contributed by atoms with van der Waals surface area (Å²) in [5.41, 5.74) is 11.0. The van der Waals surface area contributed by atoms with E-state index in [-0.39, 0.29) is 23.4 Å². The molecule has 0 radical (unpaired) electrons. The summed E-state index contributed by atoms with van der Waals surface area (Å²) >= 11 is 0. The van der Waals surface area contributed by atoms with Gasteiger partial charge in [-0.25, -0.2) is 0 Å². The second-order valence-corrected chi connectivity index (χ2v) is 10.9. The van der Waals surface area contributed by atoms with Crippen molar-refractivity contribution in [2.75, 3.05) is 12.4 Å². The highest BCUT2D eigenvalue weighted by Crippen LogP contribution is 2.43. The number of nitrogens with two attached hydrogens (primary N) is 1. The number of nitrogens with one attached hydrogen (secondary N) is 1. The third-order valence-electron chi connectivity index (χ3n) is 8.20. The summed E-state index contributed by atoms with van der Waals surface area (Å²) in [7, 11) is 1.90. The average Bonchev–Trinajstić information content (AvgIpc) is 3.71. The topological polar surface area (TPSA) is 101 Å². The maximum absolute atomic E-state index is 12.9. The monoisotopic (exact) mass is 511 g/mol. The van der Waals surface area contributed by atoms with E-state index in [1.807, 2.05) is 55.3 Å². The molecule has 2 aliphatic rings. The van der Waals surface area contributed by atoms with Crippen molar-refractivity contribution in [3.05, 3.63) is 66.2 Å². The van der Waals surface area contributed by atoms with Crippen molar-refractivity contribution < 1.29 is 9.59 Å². The van der Waals surface area contributed by atoms with E-state index >= 15 is 0 Å². The van der Waals surface area contributed by atoms with E-state index in [4.69, 9.17) is 5.73 Å². The summed E-state index contributed by atoms with van der Waals surface area (Å²) < 4.78 is 0. The molecule has 38 heavy (non-hydrogen) atoms. The molecule has 2 saturated carbocycles.